The third kappa shape index (κ3) is 1.87. The minimum atomic E-state index is -0.305. The van der Waals surface area contributed by atoms with Gasteiger partial charge in [0.1, 0.15) is 5.82 Å². The quantitative estimate of drug-likeness (QED) is 0.812. The lowest BCUT2D eigenvalue weighted by atomic mass is 10.0. The summed E-state index contributed by atoms with van der Waals surface area (Å²) in [6, 6.07) is 8.14. The molecule has 2 aromatic rings. The molecule has 2 rings (SSSR count). The van der Waals surface area contributed by atoms with Crippen molar-refractivity contribution in [3.8, 4) is 11.1 Å². The Kier molecular flexibility index (Phi) is 2.74. The van der Waals surface area contributed by atoms with Crippen LogP contribution in [0.1, 0.15) is 5.56 Å². The first-order chi connectivity index (χ1) is 7.33. The van der Waals surface area contributed by atoms with Crippen LogP contribution in [0.4, 0.5) is 4.39 Å². The number of aromatic nitrogens is 1. The molecule has 0 aliphatic carbocycles. The first kappa shape index (κ1) is 9.80. The van der Waals surface area contributed by atoms with Gasteiger partial charge in [0.15, 0.2) is 0 Å². The van der Waals surface area contributed by atoms with Crippen molar-refractivity contribution < 1.29 is 9.50 Å². The van der Waals surface area contributed by atoms with Crippen LogP contribution >= 0.6 is 0 Å². The van der Waals surface area contributed by atoms with E-state index in [1.54, 1.807) is 36.7 Å². The minimum Gasteiger partial charge on any atom is -0.392 e. The largest absolute Gasteiger partial charge is 0.392 e. The van der Waals surface area contributed by atoms with Crippen LogP contribution in [0.2, 0.25) is 0 Å². The molecule has 0 saturated carbocycles. The van der Waals surface area contributed by atoms with E-state index in [0.717, 1.165) is 0 Å². The average molecular weight is 203 g/mol. The highest BCUT2D eigenvalue weighted by molar-refractivity contribution is 5.66. The fraction of sp³-hybridized carbons (Fsp3) is 0.0833. The number of hydrogen-bond acceptors (Lipinski definition) is 2. The molecule has 0 saturated heterocycles. The minimum absolute atomic E-state index is 0.119. The van der Waals surface area contributed by atoms with Crippen molar-refractivity contribution in [2.45, 2.75) is 6.61 Å². The van der Waals surface area contributed by atoms with Gasteiger partial charge in [-0.15, -0.1) is 0 Å². The van der Waals surface area contributed by atoms with Crippen molar-refractivity contribution in [1.29, 1.82) is 0 Å². The summed E-state index contributed by atoms with van der Waals surface area (Å²) in [6.07, 6.45) is 3.14. The molecule has 0 spiro atoms. The summed E-state index contributed by atoms with van der Waals surface area (Å²) in [4.78, 5) is 3.93. The predicted molar refractivity (Wildman–Crippen MR) is 55.6 cm³/mol. The van der Waals surface area contributed by atoms with Crippen molar-refractivity contribution >= 4 is 0 Å². The van der Waals surface area contributed by atoms with E-state index >= 15 is 0 Å². The first-order valence-corrected chi connectivity index (χ1v) is 4.61. The Hall–Kier alpha value is -1.74. The molecule has 2 nitrogen and oxygen atoms in total. The average Bonchev–Trinajstić information content (AvgIpc) is 2.30. The molecule has 0 radical (unpaired) electrons. The topological polar surface area (TPSA) is 33.1 Å². The second-order valence-corrected chi connectivity index (χ2v) is 3.17. The SMILES string of the molecule is OCc1ccncc1-c1ccccc1F. The van der Waals surface area contributed by atoms with Gasteiger partial charge in [-0.25, -0.2) is 4.39 Å². The Morgan fingerprint density at radius 2 is 1.93 bits per heavy atom. The van der Waals surface area contributed by atoms with E-state index in [9.17, 15) is 4.39 Å². The maximum atomic E-state index is 13.5. The van der Waals surface area contributed by atoms with Gasteiger partial charge in [0.25, 0.3) is 0 Å². The summed E-state index contributed by atoms with van der Waals surface area (Å²) in [5, 5.41) is 9.12. The summed E-state index contributed by atoms with van der Waals surface area (Å²) in [5.41, 5.74) is 1.78. The van der Waals surface area contributed by atoms with E-state index in [0.29, 0.717) is 16.7 Å². The second-order valence-electron chi connectivity index (χ2n) is 3.17. The van der Waals surface area contributed by atoms with E-state index in [-0.39, 0.29) is 12.4 Å². The van der Waals surface area contributed by atoms with Gasteiger partial charge in [-0.3, -0.25) is 4.98 Å². The number of benzene rings is 1. The molecule has 76 valence electrons. The van der Waals surface area contributed by atoms with Crippen LogP contribution in [-0.4, -0.2) is 10.1 Å². The molecule has 1 N–H and O–H groups in total. The first-order valence-electron chi connectivity index (χ1n) is 4.61. The molecule has 0 aliphatic rings. The van der Waals surface area contributed by atoms with Gasteiger partial charge in [-0.1, -0.05) is 18.2 Å². The van der Waals surface area contributed by atoms with Crippen molar-refractivity contribution in [2.75, 3.05) is 0 Å². The summed E-state index contributed by atoms with van der Waals surface area (Å²) in [7, 11) is 0. The molecule has 15 heavy (non-hydrogen) atoms. The zero-order valence-electron chi connectivity index (χ0n) is 8.02. The van der Waals surface area contributed by atoms with E-state index in [1.807, 2.05) is 0 Å². The van der Waals surface area contributed by atoms with E-state index in [4.69, 9.17) is 5.11 Å². The van der Waals surface area contributed by atoms with Gasteiger partial charge in [-0.2, -0.15) is 0 Å². The monoisotopic (exact) mass is 203 g/mol. The van der Waals surface area contributed by atoms with E-state index in [1.165, 1.54) is 6.07 Å². The van der Waals surface area contributed by atoms with Gasteiger partial charge in [-0.05, 0) is 17.7 Å². The predicted octanol–water partition coefficient (Wildman–Crippen LogP) is 2.38. The highest BCUT2D eigenvalue weighted by Gasteiger charge is 2.07. The highest BCUT2D eigenvalue weighted by Crippen LogP contribution is 2.25. The van der Waals surface area contributed by atoms with E-state index < -0.39 is 0 Å². The van der Waals surface area contributed by atoms with Crippen LogP contribution in [0.15, 0.2) is 42.7 Å². The van der Waals surface area contributed by atoms with Crippen LogP contribution in [-0.2, 0) is 6.61 Å². The lowest BCUT2D eigenvalue weighted by molar-refractivity contribution is 0.282. The number of nitrogens with zero attached hydrogens (tertiary/aromatic N) is 1. The zero-order valence-corrected chi connectivity index (χ0v) is 8.02. The summed E-state index contributed by atoms with van der Waals surface area (Å²) in [5.74, 6) is -0.305. The van der Waals surface area contributed by atoms with Crippen molar-refractivity contribution in [2.24, 2.45) is 0 Å². The van der Waals surface area contributed by atoms with Gasteiger partial charge >= 0.3 is 0 Å². The van der Waals surface area contributed by atoms with E-state index in [2.05, 4.69) is 4.98 Å². The Morgan fingerprint density at radius 3 is 2.67 bits per heavy atom. The molecular weight excluding hydrogens is 193 g/mol. The molecule has 1 aromatic carbocycles. The summed E-state index contributed by atoms with van der Waals surface area (Å²) >= 11 is 0. The molecule has 0 bridgehead atoms. The third-order valence-electron chi connectivity index (χ3n) is 2.25. The van der Waals surface area contributed by atoms with Crippen LogP contribution in [0.5, 0.6) is 0 Å². The molecule has 0 fully saturated rings. The van der Waals surface area contributed by atoms with Crippen molar-refractivity contribution in [1.82, 2.24) is 4.98 Å². The van der Waals surface area contributed by atoms with Crippen molar-refractivity contribution in [3.05, 3.63) is 54.1 Å². The summed E-state index contributed by atoms with van der Waals surface area (Å²) in [6.45, 7) is -0.119. The smallest absolute Gasteiger partial charge is 0.131 e. The number of aliphatic hydroxyl groups excluding tert-OH is 1. The Bertz CT molecular complexity index is 471. The molecule has 3 heteroatoms. The standard InChI is InChI=1S/C12H10FNO/c13-12-4-2-1-3-10(12)11-7-14-6-5-9(11)8-15/h1-7,15H,8H2. The Morgan fingerprint density at radius 1 is 1.13 bits per heavy atom. The maximum absolute atomic E-state index is 13.5. The third-order valence-corrected chi connectivity index (χ3v) is 2.25. The zero-order chi connectivity index (χ0) is 10.7. The Labute approximate surface area is 87.0 Å². The lowest BCUT2D eigenvalue weighted by Crippen LogP contribution is -1.92. The number of halogens is 1. The fourth-order valence-corrected chi connectivity index (χ4v) is 1.48. The molecule has 0 amide bonds. The fourth-order valence-electron chi connectivity index (χ4n) is 1.48. The molecule has 0 aliphatic heterocycles. The molecule has 0 atom stereocenters. The Balaban J connectivity index is 2.59. The van der Waals surface area contributed by atoms with Gasteiger partial charge < -0.3 is 5.11 Å². The molecule has 1 heterocycles. The van der Waals surface area contributed by atoms with Crippen LogP contribution in [0, 0.1) is 5.82 Å². The number of hydrogen-bond donors (Lipinski definition) is 1. The van der Waals surface area contributed by atoms with Gasteiger partial charge in [0.2, 0.25) is 0 Å². The second kappa shape index (κ2) is 4.19. The summed E-state index contributed by atoms with van der Waals surface area (Å²) < 4.78 is 13.5. The van der Waals surface area contributed by atoms with Crippen LogP contribution in [0.3, 0.4) is 0 Å². The molecule has 1 aromatic heterocycles. The molecule has 0 unspecified atom stereocenters. The van der Waals surface area contributed by atoms with Gasteiger partial charge in [0, 0.05) is 23.5 Å². The number of pyridine rings is 1. The number of rotatable bonds is 2. The van der Waals surface area contributed by atoms with Gasteiger partial charge in [0.05, 0.1) is 6.61 Å². The van der Waals surface area contributed by atoms with Crippen molar-refractivity contribution in [3.63, 3.8) is 0 Å². The molecular formula is C12H10FNO. The normalized spacial score (nSPS) is 10.3. The van der Waals surface area contributed by atoms with Crippen LogP contribution < -0.4 is 0 Å². The number of aliphatic hydroxyl groups is 1. The van der Waals surface area contributed by atoms with Crippen LogP contribution in [0.25, 0.3) is 11.1 Å². The highest BCUT2D eigenvalue weighted by atomic mass is 19.1. The lowest BCUT2D eigenvalue weighted by Gasteiger charge is -2.07. The maximum Gasteiger partial charge on any atom is 0.131 e.